The molecule has 1 fully saturated rings. The third-order valence-corrected chi connectivity index (χ3v) is 4.01. The van der Waals surface area contributed by atoms with Gasteiger partial charge in [-0.15, -0.1) is 0 Å². The van der Waals surface area contributed by atoms with Crippen LogP contribution < -0.4 is 17.3 Å². The zero-order valence-corrected chi connectivity index (χ0v) is 13.2. The molecule has 0 bridgehead atoms. The highest BCUT2D eigenvalue weighted by molar-refractivity contribution is 6.36. The van der Waals surface area contributed by atoms with E-state index in [1.165, 1.54) is 25.9 Å². The molecule has 1 aromatic rings. The number of halogens is 3. The van der Waals surface area contributed by atoms with Crippen molar-refractivity contribution < 1.29 is 17.3 Å². The van der Waals surface area contributed by atoms with Gasteiger partial charge in [0.2, 0.25) is 0 Å². The minimum Gasteiger partial charge on any atom is -1.00 e. The molecule has 19 heavy (non-hydrogen) atoms. The van der Waals surface area contributed by atoms with Crippen LogP contribution in [-0.4, -0.2) is 19.6 Å². The first-order chi connectivity index (χ1) is 8.66. The van der Waals surface area contributed by atoms with Crippen LogP contribution in [0.15, 0.2) is 18.2 Å². The standard InChI is InChI=1S/C15H17Cl2N.ClH/c1-12-5-3-9-18(11-12)10-4-6-13-14(16)7-2-8-15(13)17;/h2,7-8,12H,3,5,9-11H2,1H3;1H. The summed E-state index contributed by atoms with van der Waals surface area (Å²) < 4.78 is 0. The van der Waals surface area contributed by atoms with Gasteiger partial charge in [-0.25, -0.2) is 0 Å². The van der Waals surface area contributed by atoms with Crippen molar-refractivity contribution >= 4 is 23.2 Å². The molecule has 0 aromatic heterocycles. The van der Waals surface area contributed by atoms with Crippen molar-refractivity contribution in [1.82, 2.24) is 0 Å². The molecule has 1 N–H and O–H groups in total. The molecule has 1 aliphatic heterocycles. The molecule has 0 spiro atoms. The van der Waals surface area contributed by atoms with Gasteiger partial charge in [-0.05, 0) is 30.9 Å². The summed E-state index contributed by atoms with van der Waals surface area (Å²) in [5.41, 5.74) is 0.755. The predicted octanol–water partition coefficient (Wildman–Crippen LogP) is -0.336. The van der Waals surface area contributed by atoms with E-state index in [1.54, 1.807) is 4.90 Å². The monoisotopic (exact) mass is 317 g/mol. The molecule has 1 saturated heterocycles. The predicted molar refractivity (Wildman–Crippen MR) is 77.3 cm³/mol. The molecule has 2 unspecified atom stereocenters. The summed E-state index contributed by atoms with van der Waals surface area (Å²) in [4.78, 5) is 1.57. The number of rotatable bonds is 1. The molecule has 1 nitrogen and oxygen atoms in total. The van der Waals surface area contributed by atoms with Gasteiger partial charge >= 0.3 is 0 Å². The number of hydrogen-bond acceptors (Lipinski definition) is 0. The van der Waals surface area contributed by atoms with E-state index in [-0.39, 0.29) is 12.4 Å². The Hall–Kier alpha value is -0.390. The fourth-order valence-electron chi connectivity index (χ4n) is 2.43. The lowest BCUT2D eigenvalue weighted by atomic mass is 10.0. The normalized spacial score (nSPS) is 22.1. The van der Waals surface area contributed by atoms with Crippen molar-refractivity contribution in [3.63, 3.8) is 0 Å². The quantitative estimate of drug-likeness (QED) is 0.676. The summed E-state index contributed by atoms with van der Waals surface area (Å²) in [6, 6.07) is 5.49. The van der Waals surface area contributed by atoms with Crippen LogP contribution in [-0.2, 0) is 0 Å². The molecule has 0 amide bonds. The van der Waals surface area contributed by atoms with Crippen LogP contribution in [0.3, 0.4) is 0 Å². The maximum Gasteiger partial charge on any atom is 0.139 e. The van der Waals surface area contributed by atoms with Crippen LogP contribution in [0.25, 0.3) is 0 Å². The highest BCUT2D eigenvalue weighted by Gasteiger charge is 2.18. The van der Waals surface area contributed by atoms with Gasteiger partial charge in [-0.2, -0.15) is 0 Å². The minimum absolute atomic E-state index is 0. The smallest absolute Gasteiger partial charge is 0.139 e. The molecule has 1 aromatic carbocycles. The number of nitrogens with one attached hydrogen (secondary N) is 1. The summed E-state index contributed by atoms with van der Waals surface area (Å²) >= 11 is 12.2. The van der Waals surface area contributed by atoms with Gasteiger partial charge in [-0.1, -0.05) is 42.1 Å². The molecule has 0 radical (unpaired) electrons. The zero-order valence-electron chi connectivity index (χ0n) is 11.0. The molecular formula is C15H18Cl3N. The summed E-state index contributed by atoms with van der Waals surface area (Å²) in [6.45, 7) is 5.66. The summed E-state index contributed by atoms with van der Waals surface area (Å²) in [6.07, 6.45) is 2.66. The van der Waals surface area contributed by atoms with E-state index in [0.717, 1.165) is 18.0 Å². The SMILES string of the molecule is CC1CCC[NH+](CC#Cc2c(Cl)cccc2Cl)C1.[Cl-]. The molecule has 4 heteroatoms. The summed E-state index contributed by atoms with van der Waals surface area (Å²) in [5, 5.41) is 1.27. The van der Waals surface area contributed by atoms with Crippen molar-refractivity contribution in [2.75, 3.05) is 19.6 Å². The number of likely N-dealkylation sites (tertiary alicyclic amines) is 1. The van der Waals surface area contributed by atoms with E-state index in [2.05, 4.69) is 18.8 Å². The lowest BCUT2D eigenvalue weighted by Crippen LogP contribution is -3.13. The Morgan fingerprint density at radius 3 is 2.63 bits per heavy atom. The molecule has 2 atom stereocenters. The Kier molecular flexibility index (Phi) is 7.04. The van der Waals surface area contributed by atoms with Gasteiger partial charge in [0.1, 0.15) is 6.54 Å². The molecule has 2 rings (SSSR count). The van der Waals surface area contributed by atoms with Crippen LogP contribution >= 0.6 is 23.2 Å². The van der Waals surface area contributed by atoms with E-state index in [4.69, 9.17) is 23.2 Å². The van der Waals surface area contributed by atoms with Crippen LogP contribution in [0.1, 0.15) is 25.3 Å². The minimum atomic E-state index is 0. The summed E-state index contributed by atoms with van der Waals surface area (Å²) in [5.74, 6) is 7.15. The number of benzene rings is 1. The zero-order chi connectivity index (χ0) is 13.0. The Morgan fingerprint density at radius 2 is 2.00 bits per heavy atom. The Labute approximate surface area is 131 Å². The van der Waals surface area contributed by atoms with E-state index in [1.807, 2.05) is 18.2 Å². The first-order valence-corrected chi connectivity index (χ1v) is 7.19. The maximum absolute atomic E-state index is 6.08. The average Bonchev–Trinajstić information content (AvgIpc) is 2.33. The van der Waals surface area contributed by atoms with Gasteiger partial charge in [0.15, 0.2) is 0 Å². The van der Waals surface area contributed by atoms with Crippen molar-refractivity contribution in [1.29, 1.82) is 0 Å². The van der Waals surface area contributed by atoms with Crippen molar-refractivity contribution in [2.45, 2.75) is 19.8 Å². The lowest BCUT2D eigenvalue weighted by Gasteiger charge is -2.26. The van der Waals surface area contributed by atoms with E-state index >= 15 is 0 Å². The second-order valence-corrected chi connectivity index (χ2v) is 5.84. The largest absolute Gasteiger partial charge is 1.00 e. The average molecular weight is 319 g/mol. The van der Waals surface area contributed by atoms with Gasteiger partial charge < -0.3 is 17.3 Å². The highest BCUT2D eigenvalue weighted by Crippen LogP contribution is 2.22. The third-order valence-electron chi connectivity index (χ3n) is 3.38. The molecule has 104 valence electrons. The Balaban J connectivity index is 0.00000180. The molecule has 1 aliphatic rings. The van der Waals surface area contributed by atoms with Crippen LogP contribution in [0, 0.1) is 17.8 Å². The number of piperidine rings is 1. The van der Waals surface area contributed by atoms with Gasteiger partial charge in [0, 0.05) is 5.92 Å². The summed E-state index contributed by atoms with van der Waals surface area (Å²) in [7, 11) is 0. The van der Waals surface area contributed by atoms with Crippen LogP contribution in [0.2, 0.25) is 10.0 Å². The van der Waals surface area contributed by atoms with Crippen LogP contribution in [0.5, 0.6) is 0 Å². The first kappa shape index (κ1) is 16.7. The molecule has 0 aliphatic carbocycles. The van der Waals surface area contributed by atoms with Crippen molar-refractivity contribution in [2.24, 2.45) is 5.92 Å². The van der Waals surface area contributed by atoms with E-state index in [9.17, 15) is 0 Å². The van der Waals surface area contributed by atoms with Gasteiger partial charge in [0.25, 0.3) is 0 Å². The fourth-order valence-corrected chi connectivity index (χ4v) is 2.92. The first-order valence-electron chi connectivity index (χ1n) is 6.43. The van der Waals surface area contributed by atoms with E-state index < -0.39 is 0 Å². The molecule has 0 saturated carbocycles. The van der Waals surface area contributed by atoms with Gasteiger partial charge in [-0.3, -0.25) is 0 Å². The van der Waals surface area contributed by atoms with Gasteiger partial charge in [0.05, 0.1) is 28.7 Å². The van der Waals surface area contributed by atoms with Crippen LogP contribution in [0.4, 0.5) is 0 Å². The van der Waals surface area contributed by atoms with Crippen molar-refractivity contribution in [3.05, 3.63) is 33.8 Å². The van der Waals surface area contributed by atoms with E-state index in [0.29, 0.717) is 10.0 Å². The highest BCUT2D eigenvalue weighted by atomic mass is 35.5. The molecular weight excluding hydrogens is 301 g/mol. The second-order valence-electron chi connectivity index (χ2n) is 5.03. The maximum atomic E-state index is 6.08. The Morgan fingerprint density at radius 1 is 1.32 bits per heavy atom. The third kappa shape index (κ3) is 4.89. The lowest BCUT2D eigenvalue weighted by molar-refractivity contribution is -0.901. The topological polar surface area (TPSA) is 4.44 Å². The fraction of sp³-hybridized carbons (Fsp3) is 0.467. The molecule has 1 heterocycles. The number of hydrogen-bond donors (Lipinski definition) is 1. The Bertz CT molecular complexity index is 456. The number of quaternary nitrogens is 1. The van der Waals surface area contributed by atoms with Crippen molar-refractivity contribution in [3.8, 4) is 11.8 Å². The second kappa shape index (κ2) is 8.02.